The number of aromatic nitrogens is 3. The first-order valence-electron chi connectivity index (χ1n) is 8.78. The molecular weight excluding hydrogens is 458 g/mol. The van der Waals surface area contributed by atoms with E-state index in [2.05, 4.69) is 36.9 Å². The Morgan fingerprint density at radius 1 is 1.07 bits per heavy atom. The number of carbonyl (C=O) groups excluding carboxylic acids is 2. The van der Waals surface area contributed by atoms with E-state index in [1.54, 1.807) is 25.1 Å². The number of aryl methyl sites for hydroxylation is 2. The number of benzene rings is 2. The number of anilines is 2. The lowest BCUT2D eigenvalue weighted by atomic mass is 10.2. The predicted molar refractivity (Wildman–Crippen MR) is 116 cm³/mol. The first kappa shape index (κ1) is 21.0. The van der Waals surface area contributed by atoms with Crippen LogP contribution in [-0.4, -0.2) is 26.8 Å². The Kier molecular flexibility index (Phi) is 6.34. The van der Waals surface area contributed by atoms with Crippen LogP contribution in [0.5, 0.6) is 0 Å². The molecule has 29 heavy (non-hydrogen) atoms. The Hall–Kier alpha value is -2.71. The molecule has 2 aromatic carbocycles. The van der Waals surface area contributed by atoms with Crippen molar-refractivity contribution in [3.8, 4) is 0 Å². The third-order valence-electron chi connectivity index (χ3n) is 4.38. The molecule has 0 atom stereocenters. The maximum atomic E-state index is 12.5. The summed E-state index contributed by atoms with van der Waals surface area (Å²) in [5, 5.41) is 14.0. The van der Waals surface area contributed by atoms with E-state index in [0.717, 1.165) is 15.6 Å². The van der Waals surface area contributed by atoms with E-state index in [-0.39, 0.29) is 24.1 Å². The SMILES string of the molecule is Cc1cc(NC(=O)c2nnn(CC(=O)Nc3cc(Cl)ccc3C)c2C)ccc1Br. The zero-order valence-corrected chi connectivity index (χ0v) is 18.4. The van der Waals surface area contributed by atoms with Crippen LogP contribution in [-0.2, 0) is 11.3 Å². The highest BCUT2D eigenvalue weighted by Gasteiger charge is 2.18. The van der Waals surface area contributed by atoms with Crippen LogP contribution in [0.4, 0.5) is 11.4 Å². The van der Waals surface area contributed by atoms with E-state index in [4.69, 9.17) is 11.6 Å². The van der Waals surface area contributed by atoms with Gasteiger partial charge < -0.3 is 10.6 Å². The molecule has 1 heterocycles. The number of rotatable bonds is 5. The maximum absolute atomic E-state index is 12.5. The van der Waals surface area contributed by atoms with Gasteiger partial charge in [-0.1, -0.05) is 38.8 Å². The number of hydrogen-bond donors (Lipinski definition) is 2. The van der Waals surface area contributed by atoms with Gasteiger partial charge in [-0.15, -0.1) is 5.10 Å². The van der Waals surface area contributed by atoms with Gasteiger partial charge in [-0.05, 0) is 62.2 Å². The molecule has 0 aliphatic rings. The molecule has 3 rings (SSSR count). The summed E-state index contributed by atoms with van der Waals surface area (Å²) in [6.07, 6.45) is 0. The summed E-state index contributed by atoms with van der Waals surface area (Å²) >= 11 is 9.41. The van der Waals surface area contributed by atoms with Gasteiger partial charge in [0.15, 0.2) is 5.69 Å². The predicted octanol–water partition coefficient (Wildman–Crippen LogP) is 4.51. The fourth-order valence-corrected chi connectivity index (χ4v) is 3.11. The van der Waals surface area contributed by atoms with Crippen molar-refractivity contribution in [3.63, 3.8) is 0 Å². The van der Waals surface area contributed by atoms with Gasteiger partial charge in [0.2, 0.25) is 5.91 Å². The van der Waals surface area contributed by atoms with Crippen molar-refractivity contribution in [1.29, 1.82) is 0 Å². The average molecular weight is 477 g/mol. The minimum atomic E-state index is -0.387. The van der Waals surface area contributed by atoms with Crippen molar-refractivity contribution in [2.24, 2.45) is 0 Å². The van der Waals surface area contributed by atoms with Crippen molar-refractivity contribution in [2.75, 3.05) is 10.6 Å². The number of carbonyl (C=O) groups is 2. The molecule has 0 spiro atoms. The molecule has 2 N–H and O–H groups in total. The van der Waals surface area contributed by atoms with Gasteiger partial charge in [-0.3, -0.25) is 9.59 Å². The highest BCUT2D eigenvalue weighted by Crippen LogP contribution is 2.21. The molecule has 3 aromatic rings. The van der Waals surface area contributed by atoms with Gasteiger partial charge in [-0.25, -0.2) is 4.68 Å². The van der Waals surface area contributed by atoms with Crippen molar-refractivity contribution in [1.82, 2.24) is 15.0 Å². The molecule has 7 nitrogen and oxygen atoms in total. The van der Waals surface area contributed by atoms with Crippen LogP contribution < -0.4 is 10.6 Å². The topological polar surface area (TPSA) is 88.9 Å². The van der Waals surface area contributed by atoms with Crippen molar-refractivity contribution >= 4 is 50.7 Å². The van der Waals surface area contributed by atoms with Crippen LogP contribution in [0.3, 0.4) is 0 Å². The Morgan fingerprint density at radius 2 is 1.83 bits per heavy atom. The van der Waals surface area contributed by atoms with E-state index in [1.807, 2.05) is 32.0 Å². The van der Waals surface area contributed by atoms with Crippen LogP contribution in [0.25, 0.3) is 0 Å². The lowest BCUT2D eigenvalue weighted by molar-refractivity contribution is -0.117. The Labute approximate surface area is 181 Å². The Bertz CT molecular complexity index is 1100. The molecule has 0 unspecified atom stereocenters. The zero-order chi connectivity index (χ0) is 21.1. The molecule has 0 fully saturated rings. The molecule has 0 bridgehead atoms. The van der Waals surface area contributed by atoms with E-state index < -0.39 is 0 Å². The summed E-state index contributed by atoms with van der Waals surface area (Å²) in [5.74, 6) is -0.680. The van der Waals surface area contributed by atoms with Gasteiger partial charge in [0.1, 0.15) is 6.54 Å². The normalized spacial score (nSPS) is 10.7. The first-order valence-corrected chi connectivity index (χ1v) is 9.95. The molecule has 1 aromatic heterocycles. The molecule has 150 valence electrons. The number of amides is 2. The van der Waals surface area contributed by atoms with E-state index in [9.17, 15) is 9.59 Å². The minimum absolute atomic E-state index is 0.0739. The molecule has 0 saturated heterocycles. The highest BCUT2D eigenvalue weighted by molar-refractivity contribution is 9.10. The monoisotopic (exact) mass is 475 g/mol. The smallest absolute Gasteiger partial charge is 0.278 e. The van der Waals surface area contributed by atoms with Crippen molar-refractivity contribution in [3.05, 3.63) is 68.4 Å². The summed E-state index contributed by atoms with van der Waals surface area (Å²) in [7, 11) is 0. The molecule has 2 amide bonds. The summed E-state index contributed by atoms with van der Waals surface area (Å²) < 4.78 is 2.34. The molecular formula is C20H19BrClN5O2. The van der Waals surface area contributed by atoms with Crippen LogP contribution in [0.15, 0.2) is 40.9 Å². The Morgan fingerprint density at radius 3 is 2.55 bits per heavy atom. The minimum Gasteiger partial charge on any atom is -0.324 e. The van der Waals surface area contributed by atoms with E-state index in [1.165, 1.54) is 4.68 Å². The second kappa shape index (κ2) is 8.75. The lowest BCUT2D eigenvalue weighted by Crippen LogP contribution is -2.21. The molecule has 9 heteroatoms. The summed E-state index contributed by atoms with van der Waals surface area (Å²) in [5.41, 5.74) is 3.83. The van der Waals surface area contributed by atoms with Crippen LogP contribution in [0.1, 0.15) is 27.3 Å². The summed E-state index contributed by atoms with van der Waals surface area (Å²) in [4.78, 5) is 24.9. The van der Waals surface area contributed by atoms with Crippen LogP contribution in [0, 0.1) is 20.8 Å². The quantitative estimate of drug-likeness (QED) is 0.567. The fraction of sp³-hybridized carbons (Fsp3) is 0.200. The number of hydrogen-bond acceptors (Lipinski definition) is 4. The third-order valence-corrected chi connectivity index (χ3v) is 5.51. The van der Waals surface area contributed by atoms with Crippen molar-refractivity contribution in [2.45, 2.75) is 27.3 Å². The maximum Gasteiger partial charge on any atom is 0.278 e. The molecule has 0 aliphatic heterocycles. The average Bonchev–Trinajstić information content (AvgIpc) is 3.02. The van der Waals surface area contributed by atoms with Crippen LogP contribution >= 0.6 is 27.5 Å². The van der Waals surface area contributed by atoms with Gasteiger partial charge >= 0.3 is 0 Å². The van der Waals surface area contributed by atoms with Crippen LogP contribution in [0.2, 0.25) is 5.02 Å². The number of nitrogens with one attached hydrogen (secondary N) is 2. The van der Waals surface area contributed by atoms with E-state index in [0.29, 0.717) is 22.1 Å². The standard InChI is InChI=1S/C20H19BrClN5O2/c1-11-4-5-14(22)9-17(11)24-18(28)10-27-13(3)19(25-26-27)20(29)23-15-6-7-16(21)12(2)8-15/h4-9H,10H2,1-3H3,(H,23,29)(H,24,28). The second-order valence-electron chi connectivity index (χ2n) is 6.61. The molecule has 0 aliphatic carbocycles. The van der Waals surface area contributed by atoms with Gasteiger partial charge in [0.05, 0.1) is 5.69 Å². The van der Waals surface area contributed by atoms with Crippen molar-refractivity contribution < 1.29 is 9.59 Å². The number of nitrogens with zero attached hydrogens (tertiary/aromatic N) is 3. The largest absolute Gasteiger partial charge is 0.324 e. The van der Waals surface area contributed by atoms with Gasteiger partial charge in [-0.2, -0.15) is 0 Å². The second-order valence-corrected chi connectivity index (χ2v) is 7.90. The van der Waals surface area contributed by atoms with E-state index >= 15 is 0 Å². The molecule has 0 saturated carbocycles. The third kappa shape index (κ3) is 5.02. The zero-order valence-electron chi connectivity index (χ0n) is 16.1. The molecule has 0 radical (unpaired) electrons. The van der Waals surface area contributed by atoms with Gasteiger partial charge in [0, 0.05) is 20.9 Å². The van der Waals surface area contributed by atoms with Gasteiger partial charge in [0.25, 0.3) is 5.91 Å². The lowest BCUT2D eigenvalue weighted by Gasteiger charge is -2.09. The summed E-state index contributed by atoms with van der Waals surface area (Å²) in [6.45, 7) is 5.43. The fourth-order valence-electron chi connectivity index (χ4n) is 2.69. The number of halogens is 2. The first-order chi connectivity index (χ1) is 13.7. The summed E-state index contributed by atoms with van der Waals surface area (Å²) in [6, 6.07) is 10.8. The Balaban J connectivity index is 1.69. The highest BCUT2D eigenvalue weighted by atomic mass is 79.9.